The maximum absolute atomic E-state index is 13.1. The maximum Gasteiger partial charge on any atom is 0.248 e. The Labute approximate surface area is 201 Å². The van der Waals surface area contributed by atoms with Crippen LogP contribution in [0.5, 0.6) is 11.5 Å². The predicted molar refractivity (Wildman–Crippen MR) is 129 cm³/mol. The van der Waals surface area contributed by atoms with Crippen molar-refractivity contribution in [3.63, 3.8) is 0 Å². The lowest BCUT2D eigenvalue weighted by molar-refractivity contribution is -0.125. The molecule has 2 heterocycles. The van der Waals surface area contributed by atoms with Gasteiger partial charge in [-0.05, 0) is 60.7 Å². The van der Waals surface area contributed by atoms with E-state index < -0.39 is 11.9 Å². The number of nitrogens with one attached hydrogen (secondary N) is 2. The Morgan fingerprint density at radius 1 is 1.03 bits per heavy atom. The Hall–Kier alpha value is -4.53. The number of hydrogen-bond acceptors (Lipinski definition) is 5. The molecule has 178 valence electrons. The molecule has 0 bridgehead atoms. The van der Waals surface area contributed by atoms with E-state index in [0.717, 1.165) is 5.56 Å². The molecule has 0 saturated carbocycles. The molecule has 0 spiro atoms. The number of carbonyl (C=O) groups is 2. The molecule has 0 radical (unpaired) electrons. The minimum Gasteiger partial charge on any atom is -0.457 e. The van der Waals surface area contributed by atoms with E-state index in [0.29, 0.717) is 28.7 Å². The first-order valence-electron chi connectivity index (χ1n) is 10.9. The lowest BCUT2D eigenvalue weighted by Gasteiger charge is -2.16. The van der Waals surface area contributed by atoms with E-state index in [-0.39, 0.29) is 18.1 Å². The van der Waals surface area contributed by atoms with Crippen LogP contribution in [0.2, 0.25) is 0 Å². The first-order valence-corrected chi connectivity index (χ1v) is 10.9. The number of hydrogen-bond donors (Lipinski definition) is 2. The summed E-state index contributed by atoms with van der Waals surface area (Å²) in [5, 5.41) is 5.45. The van der Waals surface area contributed by atoms with Crippen LogP contribution >= 0.6 is 0 Å². The Bertz CT molecular complexity index is 1320. The van der Waals surface area contributed by atoms with E-state index in [1.807, 2.05) is 25.2 Å². The summed E-state index contributed by atoms with van der Waals surface area (Å²) < 4.78 is 20.6. The Morgan fingerprint density at radius 2 is 1.71 bits per heavy atom. The number of aryl methyl sites for hydroxylation is 1. The topological polar surface area (TPSA) is 98.1 Å². The van der Waals surface area contributed by atoms with Crippen LogP contribution in [0.1, 0.15) is 12.6 Å². The summed E-state index contributed by atoms with van der Waals surface area (Å²) in [5.41, 5.74) is 2.16. The molecule has 2 N–H and O–H groups in total. The third kappa shape index (κ3) is 6.50. The average molecular weight is 474 g/mol. The molecule has 0 unspecified atom stereocenters. The molecule has 2 aromatic heterocycles. The summed E-state index contributed by atoms with van der Waals surface area (Å²) in [7, 11) is 1.83. The lowest BCUT2D eigenvalue weighted by atomic mass is 10.1. The molecule has 2 aromatic carbocycles. The molecule has 8 nitrogen and oxygen atoms in total. The van der Waals surface area contributed by atoms with E-state index in [4.69, 9.17) is 4.74 Å². The molecule has 0 saturated heterocycles. The maximum atomic E-state index is 13.1. The van der Waals surface area contributed by atoms with E-state index in [9.17, 15) is 14.0 Å². The van der Waals surface area contributed by atoms with Gasteiger partial charge in [0.15, 0.2) is 0 Å². The van der Waals surface area contributed by atoms with Gasteiger partial charge >= 0.3 is 0 Å². The van der Waals surface area contributed by atoms with Gasteiger partial charge in [0, 0.05) is 32.2 Å². The summed E-state index contributed by atoms with van der Waals surface area (Å²) >= 11 is 0. The van der Waals surface area contributed by atoms with Crippen molar-refractivity contribution in [3.05, 3.63) is 90.8 Å². The smallest absolute Gasteiger partial charge is 0.248 e. The van der Waals surface area contributed by atoms with E-state index in [2.05, 4.69) is 20.6 Å². The van der Waals surface area contributed by atoms with Crippen LogP contribution < -0.4 is 15.4 Å². The van der Waals surface area contributed by atoms with Gasteiger partial charge in [-0.25, -0.2) is 14.4 Å². The molecule has 0 aliphatic rings. The summed E-state index contributed by atoms with van der Waals surface area (Å²) in [6.45, 7) is 1.36. The zero-order chi connectivity index (χ0) is 24.8. The summed E-state index contributed by atoms with van der Waals surface area (Å²) in [6.07, 6.45) is 3.69. The molecule has 4 aromatic rings. The van der Waals surface area contributed by atoms with Gasteiger partial charge in [-0.2, -0.15) is 0 Å². The van der Waals surface area contributed by atoms with Crippen molar-refractivity contribution in [1.82, 2.24) is 19.9 Å². The first-order chi connectivity index (χ1) is 16.9. The number of amides is 2. The molecule has 2 amide bonds. The van der Waals surface area contributed by atoms with Crippen LogP contribution in [0, 0.1) is 5.82 Å². The predicted octanol–water partition coefficient (Wildman–Crippen LogP) is 4.10. The molecular weight excluding hydrogens is 449 g/mol. The second kappa shape index (κ2) is 10.6. The molecule has 35 heavy (non-hydrogen) atoms. The monoisotopic (exact) mass is 473 g/mol. The molecule has 4 rings (SSSR count). The number of benzene rings is 2. The highest BCUT2D eigenvalue weighted by molar-refractivity contribution is 5.96. The minimum atomic E-state index is -0.796. The fraction of sp³-hybridized carbons (Fsp3) is 0.154. The molecule has 0 aliphatic heterocycles. The van der Waals surface area contributed by atoms with Gasteiger partial charge < -0.3 is 19.9 Å². The number of pyridine rings is 1. The van der Waals surface area contributed by atoms with Crippen molar-refractivity contribution in [2.75, 3.05) is 5.32 Å². The highest BCUT2D eigenvalue weighted by Gasteiger charge is 2.21. The van der Waals surface area contributed by atoms with Crippen LogP contribution in [0.15, 0.2) is 79.3 Å². The highest BCUT2D eigenvalue weighted by atomic mass is 19.1. The quantitative estimate of drug-likeness (QED) is 0.402. The number of halogens is 1. The molecule has 1 atom stereocenters. The SMILES string of the molecule is CC(=O)N[C@@H](Cc1cn(C)cn1)C(=O)Nc1cccc(-c2ccc(Oc3ccc(F)cc3)cc2)n1. The van der Waals surface area contributed by atoms with Crippen molar-refractivity contribution in [3.8, 4) is 22.8 Å². The number of nitrogens with zero attached hydrogens (tertiary/aromatic N) is 3. The van der Waals surface area contributed by atoms with Crippen LogP contribution in [0.4, 0.5) is 10.2 Å². The fourth-order valence-corrected chi connectivity index (χ4v) is 3.45. The third-order valence-corrected chi connectivity index (χ3v) is 5.07. The minimum absolute atomic E-state index is 0.251. The second-order valence-electron chi connectivity index (χ2n) is 7.97. The molecule has 0 aliphatic carbocycles. The van der Waals surface area contributed by atoms with Gasteiger partial charge in [0.1, 0.15) is 29.2 Å². The zero-order valence-electron chi connectivity index (χ0n) is 19.2. The van der Waals surface area contributed by atoms with Crippen molar-refractivity contribution in [2.24, 2.45) is 7.05 Å². The standard InChI is InChI=1S/C26H24FN5O3/c1-17(33)29-24(14-20-15-32(2)16-28-20)26(34)31-25-5-3-4-23(30-25)18-6-10-21(11-7-18)35-22-12-8-19(27)9-13-22/h3-13,15-16,24H,14H2,1-2H3,(H,29,33)(H,30,31,34)/t24-/m0/s1. The Kier molecular flexibility index (Phi) is 7.15. The number of imidazole rings is 1. The van der Waals surface area contributed by atoms with Gasteiger partial charge in [-0.15, -0.1) is 0 Å². The largest absolute Gasteiger partial charge is 0.457 e. The van der Waals surface area contributed by atoms with Gasteiger partial charge in [-0.3, -0.25) is 9.59 Å². The van der Waals surface area contributed by atoms with Crippen molar-refractivity contribution in [1.29, 1.82) is 0 Å². The number of anilines is 1. The van der Waals surface area contributed by atoms with Crippen LogP contribution in [0.3, 0.4) is 0 Å². The number of carbonyl (C=O) groups excluding carboxylic acids is 2. The summed E-state index contributed by atoms with van der Waals surface area (Å²) in [5.74, 6) is 0.449. The first kappa shape index (κ1) is 23.6. The normalized spacial score (nSPS) is 11.5. The van der Waals surface area contributed by atoms with Gasteiger partial charge in [-0.1, -0.05) is 6.07 Å². The van der Waals surface area contributed by atoms with E-state index in [1.54, 1.807) is 53.5 Å². The highest BCUT2D eigenvalue weighted by Crippen LogP contribution is 2.26. The number of aromatic nitrogens is 3. The number of ether oxygens (including phenoxy) is 1. The lowest BCUT2D eigenvalue weighted by Crippen LogP contribution is -2.44. The van der Waals surface area contributed by atoms with Gasteiger partial charge in [0.25, 0.3) is 0 Å². The van der Waals surface area contributed by atoms with Crippen molar-refractivity contribution < 1.29 is 18.7 Å². The Morgan fingerprint density at radius 3 is 2.34 bits per heavy atom. The van der Waals surface area contributed by atoms with Gasteiger partial charge in [0.05, 0.1) is 17.7 Å². The number of rotatable bonds is 8. The van der Waals surface area contributed by atoms with Gasteiger partial charge in [0.2, 0.25) is 11.8 Å². The second-order valence-corrected chi connectivity index (χ2v) is 7.97. The van der Waals surface area contributed by atoms with E-state index in [1.165, 1.54) is 19.1 Å². The zero-order valence-corrected chi connectivity index (χ0v) is 19.2. The summed E-state index contributed by atoms with van der Waals surface area (Å²) in [4.78, 5) is 33.3. The van der Waals surface area contributed by atoms with Crippen LogP contribution in [-0.4, -0.2) is 32.4 Å². The summed E-state index contributed by atoms with van der Waals surface area (Å²) in [6, 6.07) is 17.5. The fourth-order valence-electron chi connectivity index (χ4n) is 3.45. The van der Waals surface area contributed by atoms with Crippen molar-refractivity contribution in [2.45, 2.75) is 19.4 Å². The molecule has 0 fully saturated rings. The average Bonchev–Trinajstić information content (AvgIpc) is 3.25. The van der Waals surface area contributed by atoms with Crippen LogP contribution in [-0.2, 0) is 23.1 Å². The van der Waals surface area contributed by atoms with Crippen molar-refractivity contribution >= 4 is 17.6 Å². The molecule has 9 heteroatoms. The molecular formula is C26H24FN5O3. The Balaban J connectivity index is 1.45. The van der Waals surface area contributed by atoms with E-state index >= 15 is 0 Å². The van der Waals surface area contributed by atoms with Crippen LogP contribution in [0.25, 0.3) is 11.3 Å². The third-order valence-electron chi connectivity index (χ3n) is 5.07.